The van der Waals surface area contributed by atoms with Crippen LogP contribution < -0.4 is 0 Å². The lowest BCUT2D eigenvalue weighted by Gasteiger charge is -2.23. The molecule has 1 aromatic heterocycles. The average Bonchev–Trinajstić information content (AvgIpc) is 2.72. The Bertz CT molecular complexity index is 369. The number of aromatic nitrogens is 3. The molecule has 2 aliphatic rings. The highest BCUT2D eigenvalue weighted by Gasteiger charge is 2.24. The van der Waals surface area contributed by atoms with Crippen LogP contribution in [0.5, 0.6) is 0 Å². The van der Waals surface area contributed by atoms with Gasteiger partial charge in [0.25, 0.3) is 0 Å². The summed E-state index contributed by atoms with van der Waals surface area (Å²) < 4.78 is 8.17. The van der Waals surface area contributed by atoms with E-state index in [2.05, 4.69) is 14.8 Å². The maximum Gasteiger partial charge on any atom is 0.162 e. The van der Waals surface area contributed by atoms with Crippen molar-refractivity contribution in [1.29, 1.82) is 0 Å². The van der Waals surface area contributed by atoms with Crippen LogP contribution in [0, 0.1) is 0 Å². The van der Waals surface area contributed by atoms with Crippen molar-refractivity contribution in [3.8, 4) is 0 Å². The van der Waals surface area contributed by atoms with Gasteiger partial charge in [-0.1, -0.05) is 12.8 Å². The summed E-state index contributed by atoms with van der Waals surface area (Å²) >= 11 is 0. The number of aryl methyl sites for hydroxylation is 1. The van der Waals surface area contributed by atoms with Gasteiger partial charge in [-0.05, 0) is 32.1 Å². The van der Waals surface area contributed by atoms with Gasteiger partial charge in [-0.15, -0.1) is 10.2 Å². The number of fused-ring (bicyclic) bond motifs is 1. The SMILES string of the molecule is C1CCCn2c(nnc2C2CCCCO2)CC1. The lowest BCUT2D eigenvalue weighted by molar-refractivity contribution is 0.00691. The molecular formula is C13H21N3O. The number of hydrogen-bond acceptors (Lipinski definition) is 3. The van der Waals surface area contributed by atoms with Gasteiger partial charge in [-0.3, -0.25) is 0 Å². The van der Waals surface area contributed by atoms with Crippen molar-refractivity contribution < 1.29 is 4.74 Å². The fraction of sp³-hybridized carbons (Fsp3) is 0.846. The van der Waals surface area contributed by atoms with Crippen LogP contribution in [0.2, 0.25) is 0 Å². The Balaban J connectivity index is 1.83. The standard InChI is InChI=1S/C13H21N3O/c1-2-5-9-16-12(8-3-1)14-15-13(16)11-7-4-6-10-17-11/h11H,1-10H2. The molecule has 0 radical (unpaired) electrons. The molecule has 0 spiro atoms. The third kappa shape index (κ3) is 2.37. The zero-order valence-corrected chi connectivity index (χ0v) is 10.4. The number of rotatable bonds is 1. The summed E-state index contributed by atoms with van der Waals surface area (Å²) in [6.07, 6.45) is 10.0. The number of ether oxygens (including phenoxy) is 1. The van der Waals surface area contributed by atoms with E-state index in [1.54, 1.807) is 0 Å². The minimum absolute atomic E-state index is 0.199. The molecule has 3 rings (SSSR count). The largest absolute Gasteiger partial charge is 0.370 e. The Morgan fingerprint density at radius 1 is 1.00 bits per heavy atom. The smallest absolute Gasteiger partial charge is 0.162 e. The molecule has 1 atom stereocenters. The summed E-state index contributed by atoms with van der Waals surface area (Å²) in [5.74, 6) is 2.26. The van der Waals surface area contributed by atoms with E-state index >= 15 is 0 Å². The van der Waals surface area contributed by atoms with Crippen molar-refractivity contribution in [3.05, 3.63) is 11.6 Å². The summed E-state index contributed by atoms with van der Waals surface area (Å²) in [5.41, 5.74) is 0. The monoisotopic (exact) mass is 235 g/mol. The third-order valence-corrected chi connectivity index (χ3v) is 3.86. The molecular weight excluding hydrogens is 214 g/mol. The van der Waals surface area contributed by atoms with E-state index < -0.39 is 0 Å². The molecule has 0 bridgehead atoms. The second kappa shape index (κ2) is 5.17. The van der Waals surface area contributed by atoms with Crippen LogP contribution in [0.3, 0.4) is 0 Å². The molecule has 1 aromatic rings. The summed E-state index contributed by atoms with van der Waals surface area (Å²) in [6.45, 7) is 1.96. The van der Waals surface area contributed by atoms with Gasteiger partial charge in [0, 0.05) is 19.6 Å². The van der Waals surface area contributed by atoms with Crippen molar-refractivity contribution >= 4 is 0 Å². The van der Waals surface area contributed by atoms with Crippen molar-refractivity contribution in [2.75, 3.05) is 6.61 Å². The second-order valence-electron chi connectivity index (χ2n) is 5.15. The van der Waals surface area contributed by atoms with Gasteiger partial charge in [-0.2, -0.15) is 0 Å². The van der Waals surface area contributed by atoms with Crippen LogP contribution in [-0.4, -0.2) is 21.4 Å². The molecule has 1 fully saturated rings. The van der Waals surface area contributed by atoms with E-state index in [0.29, 0.717) is 0 Å². The highest BCUT2D eigenvalue weighted by molar-refractivity contribution is 5.01. The lowest BCUT2D eigenvalue weighted by Crippen LogP contribution is -2.18. The van der Waals surface area contributed by atoms with Gasteiger partial charge in [0.2, 0.25) is 0 Å². The summed E-state index contributed by atoms with van der Waals surface area (Å²) in [7, 11) is 0. The fourth-order valence-corrected chi connectivity index (χ4v) is 2.87. The molecule has 2 aliphatic heterocycles. The van der Waals surface area contributed by atoms with Gasteiger partial charge >= 0.3 is 0 Å². The predicted octanol–water partition coefficient (Wildman–Crippen LogP) is 2.64. The van der Waals surface area contributed by atoms with Gasteiger partial charge in [0.1, 0.15) is 11.9 Å². The van der Waals surface area contributed by atoms with Gasteiger partial charge in [0.15, 0.2) is 5.82 Å². The maximum absolute atomic E-state index is 5.84. The molecule has 0 aromatic carbocycles. The number of hydrogen-bond donors (Lipinski definition) is 0. The van der Waals surface area contributed by atoms with Crippen molar-refractivity contribution in [3.63, 3.8) is 0 Å². The van der Waals surface area contributed by atoms with Crippen LogP contribution in [0.25, 0.3) is 0 Å². The Hall–Kier alpha value is -0.900. The summed E-state index contributed by atoms with van der Waals surface area (Å²) in [6, 6.07) is 0. The van der Waals surface area contributed by atoms with Crippen molar-refractivity contribution in [1.82, 2.24) is 14.8 Å². The molecule has 0 amide bonds. The van der Waals surface area contributed by atoms with Crippen LogP contribution in [0.15, 0.2) is 0 Å². The zero-order valence-electron chi connectivity index (χ0n) is 10.4. The molecule has 4 heteroatoms. The molecule has 0 aliphatic carbocycles. The molecule has 94 valence electrons. The minimum Gasteiger partial charge on any atom is -0.370 e. The number of nitrogens with zero attached hydrogens (tertiary/aromatic N) is 3. The first-order chi connectivity index (χ1) is 8.45. The molecule has 0 N–H and O–H groups in total. The normalized spacial score (nSPS) is 26.0. The van der Waals surface area contributed by atoms with Crippen molar-refractivity contribution in [2.24, 2.45) is 0 Å². The van der Waals surface area contributed by atoms with E-state index in [9.17, 15) is 0 Å². The Labute approximate surface area is 102 Å². The first-order valence-corrected chi connectivity index (χ1v) is 6.99. The third-order valence-electron chi connectivity index (χ3n) is 3.86. The molecule has 17 heavy (non-hydrogen) atoms. The van der Waals surface area contributed by atoms with E-state index in [4.69, 9.17) is 4.74 Å². The highest BCUT2D eigenvalue weighted by atomic mass is 16.5. The maximum atomic E-state index is 5.84. The van der Waals surface area contributed by atoms with Crippen LogP contribution in [-0.2, 0) is 17.7 Å². The Kier molecular flexibility index (Phi) is 3.41. The second-order valence-corrected chi connectivity index (χ2v) is 5.15. The Morgan fingerprint density at radius 3 is 2.82 bits per heavy atom. The van der Waals surface area contributed by atoms with E-state index in [1.807, 2.05) is 0 Å². The Morgan fingerprint density at radius 2 is 1.94 bits per heavy atom. The average molecular weight is 235 g/mol. The molecule has 1 unspecified atom stereocenters. The quantitative estimate of drug-likeness (QED) is 0.751. The van der Waals surface area contributed by atoms with Crippen LogP contribution in [0.4, 0.5) is 0 Å². The summed E-state index contributed by atoms with van der Waals surface area (Å²) in [4.78, 5) is 0. The van der Waals surface area contributed by atoms with Crippen LogP contribution in [0.1, 0.15) is 62.7 Å². The van der Waals surface area contributed by atoms with Gasteiger partial charge in [0.05, 0.1) is 0 Å². The topological polar surface area (TPSA) is 39.9 Å². The molecule has 3 heterocycles. The molecule has 4 nitrogen and oxygen atoms in total. The highest BCUT2D eigenvalue weighted by Crippen LogP contribution is 2.28. The minimum atomic E-state index is 0.199. The van der Waals surface area contributed by atoms with Gasteiger partial charge in [-0.25, -0.2) is 0 Å². The van der Waals surface area contributed by atoms with Crippen LogP contribution >= 0.6 is 0 Å². The molecule has 0 saturated carbocycles. The molecule has 1 saturated heterocycles. The first kappa shape index (κ1) is 11.2. The van der Waals surface area contributed by atoms with Crippen molar-refractivity contribution in [2.45, 2.75) is 64.0 Å². The van der Waals surface area contributed by atoms with Gasteiger partial charge < -0.3 is 9.30 Å². The van der Waals surface area contributed by atoms with E-state index in [-0.39, 0.29) is 6.10 Å². The first-order valence-electron chi connectivity index (χ1n) is 6.99. The zero-order chi connectivity index (χ0) is 11.5. The van der Waals surface area contributed by atoms with E-state index in [1.165, 1.54) is 44.3 Å². The lowest BCUT2D eigenvalue weighted by atomic mass is 10.1. The fourth-order valence-electron chi connectivity index (χ4n) is 2.87. The van der Waals surface area contributed by atoms with E-state index in [0.717, 1.165) is 31.8 Å². The summed E-state index contributed by atoms with van der Waals surface area (Å²) in [5, 5.41) is 8.76. The predicted molar refractivity (Wildman–Crippen MR) is 64.7 cm³/mol.